The van der Waals surface area contributed by atoms with Crippen LogP contribution < -0.4 is 0 Å². The lowest BCUT2D eigenvalue weighted by molar-refractivity contribution is -0.138. The second-order valence-corrected chi connectivity index (χ2v) is 4.13. The minimum Gasteiger partial charge on any atom is -0.481 e. The number of hydrogen-bond acceptors (Lipinski definition) is 2. The molecule has 0 saturated heterocycles. The van der Waals surface area contributed by atoms with E-state index in [2.05, 4.69) is 18.9 Å². The van der Waals surface area contributed by atoms with Crippen LogP contribution in [0, 0.1) is 5.92 Å². The third-order valence-electron chi connectivity index (χ3n) is 2.69. The van der Waals surface area contributed by atoms with Crippen LogP contribution >= 0.6 is 0 Å². The Kier molecular flexibility index (Phi) is 2.06. The predicted molar refractivity (Wildman–Crippen MR) is 51.1 cm³/mol. The van der Waals surface area contributed by atoms with E-state index in [-0.39, 0.29) is 11.8 Å². The van der Waals surface area contributed by atoms with Crippen molar-refractivity contribution in [1.29, 1.82) is 0 Å². The summed E-state index contributed by atoms with van der Waals surface area (Å²) in [4.78, 5) is 10.7. The van der Waals surface area contributed by atoms with E-state index in [0.717, 1.165) is 12.0 Å². The Balaban J connectivity index is 2.09. The molecule has 2 atom stereocenters. The molecule has 14 heavy (non-hydrogen) atoms. The van der Waals surface area contributed by atoms with Crippen molar-refractivity contribution in [3.05, 3.63) is 18.0 Å². The van der Waals surface area contributed by atoms with Crippen molar-refractivity contribution in [1.82, 2.24) is 9.78 Å². The summed E-state index contributed by atoms with van der Waals surface area (Å²) < 4.78 is 1.87. The maximum absolute atomic E-state index is 10.7. The number of carbonyl (C=O) groups is 1. The molecule has 1 aliphatic carbocycles. The molecule has 1 N–H and O–H groups in total. The van der Waals surface area contributed by atoms with Crippen molar-refractivity contribution in [2.24, 2.45) is 5.92 Å². The molecule has 0 amide bonds. The van der Waals surface area contributed by atoms with Crippen molar-refractivity contribution in [3.63, 3.8) is 0 Å². The Labute approximate surface area is 82.5 Å². The van der Waals surface area contributed by atoms with Crippen LogP contribution in [0.1, 0.15) is 37.8 Å². The maximum Gasteiger partial charge on any atom is 0.307 e. The average molecular weight is 194 g/mol. The van der Waals surface area contributed by atoms with Gasteiger partial charge in [0.25, 0.3) is 0 Å². The monoisotopic (exact) mass is 194 g/mol. The minimum absolute atomic E-state index is 0.181. The van der Waals surface area contributed by atoms with E-state index < -0.39 is 5.97 Å². The van der Waals surface area contributed by atoms with E-state index in [4.69, 9.17) is 5.11 Å². The Morgan fingerprint density at radius 2 is 2.43 bits per heavy atom. The van der Waals surface area contributed by atoms with Crippen LogP contribution in [-0.2, 0) is 4.79 Å². The van der Waals surface area contributed by atoms with Crippen LogP contribution in [-0.4, -0.2) is 20.9 Å². The summed E-state index contributed by atoms with van der Waals surface area (Å²) in [6.07, 6.45) is 4.50. The number of aromatic nitrogens is 2. The zero-order valence-corrected chi connectivity index (χ0v) is 8.34. The number of carboxylic acid groups (broad SMARTS) is 1. The lowest BCUT2D eigenvalue weighted by atomic mass is 10.2. The highest BCUT2D eigenvalue weighted by Crippen LogP contribution is 2.47. The van der Waals surface area contributed by atoms with Crippen molar-refractivity contribution in [3.8, 4) is 0 Å². The quantitative estimate of drug-likeness (QED) is 0.796. The molecule has 0 unspecified atom stereocenters. The minimum atomic E-state index is -0.688. The van der Waals surface area contributed by atoms with Gasteiger partial charge in [0.2, 0.25) is 0 Å². The van der Waals surface area contributed by atoms with Crippen LogP contribution in [0.3, 0.4) is 0 Å². The van der Waals surface area contributed by atoms with Gasteiger partial charge in [-0.25, -0.2) is 0 Å². The van der Waals surface area contributed by atoms with E-state index in [1.165, 1.54) is 0 Å². The first-order valence-electron chi connectivity index (χ1n) is 4.86. The molecule has 1 saturated carbocycles. The average Bonchev–Trinajstić information content (AvgIpc) is 2.76. The lowest BCUT2D eigenvalue weighted by Crippen LogP contribution is -2.00. The number of nitrogens with zero attached hydrogens (tertiary/aromatic N) is 2. The Morgan fingerprint density at radius 1 is 1.71 bits per heavy atom. The summed E-state index contributed by atoms with van der Waals surface area (Å²) in [6.45, 7) is 4.11. The Hall–Kier alpha value is -1.32. The Bertz CT molecular complexity index is 357. The molecule has 1 aliphatic rings. The predicted octanol–water partition coefficient (Wildman–Crippen LogP) is 1.65. The molecule has 0 aliphatic heterocycles. The molecule has 0 bridgehead atoms. The normalized spacial score (nSPS) is 25.4. The van der Waals surface area contributed by atoms with Crippen molar-refractivity contribution < 1.29 is 9.90 Å². The highest BCUT2D eigenvalue weighted by molar-refractivity contribution is 5.75. The SMILES string of the molecule is CC(C)n1cc([C@@H]2C[C@@H]2C(=O)O)cn1. The molecule has 1 fully saturated rings. The van der Waals surface area contributed by atoms with Gasteiger partial charge in [-0.3, -0.25) is 9.48 Å². The summed E-state index contributed by atoms with van der Waals surface area (Å²) >= 11 is 0. The van der Waals surface area contributed by atoms with Gasteiger partial charge < -0.3 is 5.11 Å². The van der Waals surface area contributed by atoms with Crippen LogP contribution in [0.15, 0.2) is 12.4 Å². The van der Waals surface area contributed by atoms with E-state index in [1.54, 1.807) is 6.20 Å². The molecule has 0 aromatic carbocycles. The van der Waals surface area contributed by atoms with Gasteiger partial charge in [-0.1, -0.05) is 0 Å². The summed E-state index contributed by atoms with van der Waals surface area (Å²) in [5, 5.41) is 13.0. The van der Waals surface area contributed by atoms with E-state index in [9.17, 15) is 4.79 Å². The fourth-order valence-electron chi connectivity index (χ4n) is 1.66. The fourth-order valence-corrected chi connectivity index (χ4v) is 1.66. The van der Waals surface area contributed by atoms with Crippen LogP contribution in [0.25, 0.3) is 0 Å². The van der Waals surface area contributed by atoms with Gasteiger partial charge in [-0.2, -0.15) is 5.10 Å². The van der Waals surface area contributed by atoms with E-state index in [0.29, 0.717) is 6.04 Å². The zero-order chi connectivity index (χ0) is 10.3. The lowest BCUT2D eigenvalue weighted by Gasteiger charge is -2.02. The molecule has 0 spiro atoms. The standard InChI is InChI=1S/C10H14N2O2/c1-6(2)12-5-7(4-11-12)8-3-9(8)10(13)14/h4-6,8-9H,3H2,1-2H3,(H,13,14)/t8-,9-/m0/s1. The van der Waals surface area contributed by atoms with Gasteiger partial charge in [-0.15, -0.1) is 0 Å². The van der Waals surface area contributed by atoms with Crippen molar-refractivity contribution in [2.75, 3.05) is 0 Å². The third kappa shape index (κ3) is 1.52. The second kappa shape index (κ2) is 3.12. The van der Waals surface area contributed by atoms with E-state index >= 15 is 0 Å². The summed E-state index contributed by atoms with van der Waals surface area (Å²) in [5.74, 6) is -0.674. The molecule has 1 aromatic rings. The first-order valence-corrected chi connectivity index (χ1v) is 4.86. The van der Waals surface area contributed by atoms with E-state index in [1.807, 2.05) is 10.9 Å². The molecule has 1 heterocycles. The first-order chi connectivity index (χ1) is 6.59. The van der Waals surface area contributed by atoms with Gasteiger partial charge in [-0.05, 0) is 25.8 Å². The molecule has 4 nitrogen and oxygen atoms in total. The molecule has 0 radical (unpaired) electrons. The smallest absolute Gasteiger partial charge is 0.307 e. The topological polar surface area (TPSA) is 55.1 Å². The van der Waals surface area contributed by atoms with Gasteiger partial charge in [0.05, 0.1) is 12.1 Å². The van der Waals surface area contributed by atoms with Crippen molar-refractivity contribution >= 4 is 5.97 Å². The maximum atomic E-state index is 10.7. The van der Waals surface area contributed by atoms with Gasteiger partial charge in [0.1, 0.15) is 0 Å². The Morgan fingerprint density at radius 3 is 2.86 bits per heavy atom. The molecule has 4 heteroatoms. The van der Waals surface area contributed by atoms with Gasteiger partial charge >= 0.3 is 5.97 Å². The van der Waals surface area contributed by atoms with Gasteiger partial charge in [0, 0.05) is 18.2 Å². The summed E-state index contributed by atoms with van der Waals surface area (Å²) in [7, 11) is 0. The summed E-state index contributed by atoms with van der Waals surface area (Å²) in [5.41, 5.74) is 1.06. The molecule has 2 rings (SSSR count). The van der Waals surface area contributed by atoms with Crippen LogP contribution in [0.5, 0.6) is 0 Å². The molecule has 1 aromatic heterocycles. The highest BCUT2D eigenvalue weighted by Gasteiger charge is 2.44. The number of rotatable bonds is 3. The summed E-state index contributed by atoms with van der Waals surface area (Å²) in [6, 6.07) is 0.339. The van der Waals surface area contributed by atoms with Gasteiger partial charge in [0.15, 0.2) is 0 Å². The second-order valence-electron chi connectivity index (χ2n) is 4.13. The molecule has 76 valence electrons. The number of carboxylic acids is 1. The van der Waals surface area contributed by atoms with Crippen molar-refractivity contribution in [2.45, 2.75) is 32.2 Å². The number of hydrogen-bond donors (Lipinski definition) is 1. The zero-order valence-electron chi connectivity index (χ0n) is 8.34. The largest absolute Gasteiger partial charge is 0.481 e. The van der Waals surface area contributed by atoms with Crippen LogP contribution in [0.2, 0.25) is 0 Å². The fraction of sp³-hybridized carbons (Fsp3) is 0.600. The highest BCUT2D eigenvalue weighted by atomic mass is 16.4. The van der Waals surface area contributed by atoms with Crippen LogP contribution in [0.4, 0.5) is 0 Å². The first kappa shape index (κ1) is 9.24. The third-order valence-corrected chi connectivity index (χ3v) is 2.69. The molecular formula is C10H14N2O2. The molecular weight excluding hydrogens is 180 g/mol. The number of aliphatic carboxylic acids is 1.